The van der Waals surface area contributed by atoms with Gasteiger partial charge in [0.1, 0.15) is 0 Å². The van der Waals surface area contributed by atoms with E-state index in [1.165, 1.54) is 32.1 Å². The number of hydrogen-bond acceptors (Lipinski definition) is 4. The van der Waals surface area contributed by atoms with Crippen molar-refractivity contribution < 1.29 is 13.3 Å². The monoisotopic (exact) mass is 308 g/mol. The fourth-order valence-electron chi connectivity index (χ4n) is 2.14. The minimum Gasteiger partial charge on any atom is -0.373 e. The van der Waals surface area contributed by atoms with Gasteiger partial charge in [0.15, 0.2) is 0 Å². The maximum absolute atomic E-state index is 5.87. The van der Waals surface area contributed by atoms with Crippen LogP contribution in [0.2, 0.25) is 0 Å². The lowest BCUT2D eigenvalue weighted by atomic mass is 10.1. The summed E-state index contributed by atoms with van der Waals surface area (Å²) in [4.78, 5) is 0.0916. The van der Waals surface area contributed by atoms with Crippen LogP contribution in [0.5, 0.6) is 0 Å². The number of rotatable bonds is 13. The minimum absolute atomic E-state index is 0.0916. The smallest absolute Gasteiger partial charge is 0.373 e. The number of hydrogen-bond donors (Lipinski definition) is 1. The van der Waals surface area contributed by atoms with Crippen molar-refractivity contribution in [3.8, 4) is 0 Å². The van der Waals surface area contributed by atoms with Crippen molar-refractivity contribution in [3.05, 3.63) is 0 Å². The molecule has 1 atom stereocenters. The Balaban J connectivity index is 4.30. The molecule has 0 aliphatic heterocycles. The molecule has 19 heavy (non-hydrogen) atoms. The highest BCUT2D eigenvalue weighted by atomic mass is 32.1. The van der Waals surface area contributed by atoms with Crippen LogP contribution >= 0.6 is 12.6 Å². The van der Waals surface area contributed by atoms with Crippen molar-refractivity contribution in [1.82, 2.24) is 0 Å². The summed E-state index contributed by atoms with van der Waals surface area (Å²) in [7, 11) is -2.60. The molecule has 1 unspecified atom stereocenters. The van der Waals surface area contributed by atoms with Gasteiger partial charge in [-0.1, -0.05) is 39.0 Å². The van der Waals surface area contributed by atoms with Gasteiger partial charge in [-0.3, -0.25) is 0 Å². The molecule has 0 aliphatic carbocycles. The van der Waals surface area contributed by atoms with Crippen LogP contribution < -0.4 is 0 Å². The molecule has 0 aromatic rings. The number of thiol groups is 1. The fraction of sp³-hybridized carbons (Fsp3) is 1.00. The Labute approximate surface area is 126 Å². The van der Waals surface area contributed by atoms with E-state index in [0.29, 0.717) is 19.8 Å². The van der Waals surface area contributed by atoms with Gasteiger partial charge in [-0.15, -0.1) is 0 Å². The molecule has 0 rings (SSSR count). The predicted octanol–water partition coefficient (Wildman–Crippen LogP) is 4.23. The van der Waals surface area contributed by atoms with E-state index in [1.807, 2.05) is 20.8 Å². The molecule has 0 fully saturated rings. The molecule has 5 heteroatoms. The topological polar surface area (TPSA) is 27.7 Å². The molecule has 0 amide bonds. The summed E-state index contributed by atoms with van der Waals surface area (Å²) >= 11 is 4.72. The summed E-state index contributed by atoms with van der Waals surface area (Å²) in [5.74, 6) is 0. The maximum atomic E-state index is 5.87. The van der Waals surface area contributed by atoms with E-state index in [9.17, 15) is 0 Å². The third-order valence-corrected chi connectivity index (χ3v) is 7.41. The first-order chi connectivity index (χ1) is 9.16. The van der Waals surface area contributed by atoms with Crippen LogP contribution in [0.15, 0.2) is 0 Å². The summed E-state index contributed by atoms with van der Waals surface area (Å²) in [6.07, 6.45) is 7.36. The van der Waals surface area contributed by atoms with Gasteiger partial charge in [0.2, 0.25) is 0 Å². The SMILES string of the molecule is CCCCCCCC(S)[Si](OCC)(OCC)OCC. The molecule has 0 bridgehead atoms. The lowest BCUT2D eigenvalue weighted by Gasteiger charge is -2.32. The molecule has 0 aromatic carbocycles. The van der Waals surface area contributed by atoms with E-state index in [-0.39, 0.29) is 4.87 Å². The van der Waals surface area contributed by atoms with E-state index >= 15 is 0 Å². The highest BCUT2D eigenvalue weighted by molar-refractivity contribution is 7.83. The van der Waals surface area contributed by atoms with Gasteiger partial charge in [-0.05, 0) is 27.2 Å². The first kappa shape index (κ1) is 19.4. The number of unbranched alkanes of at least 4 members (excludes halogenated alkanes) is 4. The summed E-state index contributed by atoms with van der Waals surface area (Å²) in [5.41, 5.74) is 0. The molecule has 0 spiro atoms. The molecule has 0 aliphatic rings. The highest BCUT2D eigenvalue weighted by Gasteiger charge is 2.47. The van der Waals surface area contributed by atoms with Crippen molar-refractivity contribution in [2.24, 2.45) is 0 Å². The average Bonchev–Trinajstić information content (AvgIpc) is 2.39. The Bertz CT molecular complexity index is 188. The normalized spacial score (nSPS) is 13.7. The molecule has 0 saturated heterocycles. The molecular weight excluding hydrogens is 276 g/mol. The van der Waals surface area contributed by atoms with Gasteiger partial charge in [-0.2, -0.15) is 12.6 Å². The van der Waals surface area contributed by atoms with Crippen LogP contribution in [0.4, 0.5) is 0 Å². The molecule has 0 heterocycles. The average molecular weight is 309 g/mol. The third kappa shape index (κ3) is 7.71. The van der Waals surface area contributed by atoms with Crippen molar-refractivity contribution in [2.75, 3.05) is 19.8 Å². The summed E-state index contributed by atoms with van der Waals surface area (Å²) in [6, 6.07) is 0. The van der Waals surface area contributed by atoms with Crippen LogP contribution in [-0.2, 0) is 13.3 Å². The quantitative estimate of drug-likeness (QED) is 0.313. The Morgan fingerprint density at radius 1 is 0.789 bits per heavy atom. The van der Waals surface area contributed by atoms with Crippen LogP contribution in [0.3, 0.4) is 0 Å². The Morgan fingerprint density at radius 2 is 1.26 bits per heavy atom. The second kappa shape index (κ2) is 12.2. The van der Waals surface area contributed by atoms with Gasteiger partial charge in [0.25, 0.3) is 0 Å². The Kier molecular flexibility index (Phi) is 12.5. The molecule has 0 radical (unpaired) electrons. The van der Waals surface area contributed by atoms with Crippen molar-refractivity contribution in [2.45, 2.75) is 71.1 Å². The fourth-order valence-corrected chi connectivity index (χ4v) is 5.58. The van der Waals surface area contributed by atoms with Gasteiger partial charge < -0.3 is 13.3 Å². The second-order valence-electron chi connectivity index (χ2n) is 4.62. The standard InChI is InChI=1S/C14H32O3SSi/c1-5-9-10-11-12-13-14(18)19(15-6-2,16-7-3)17-8-4/h14,18H,5-13H2,1-4H3. The lowest BCUT2D eigenvalue weighted by Crippen LogP contribution is -2.54. The molecule has 0 N–H and O–H groups in total. The molecule has 116 valence electrons. The second-order valence-corrected chi connectivity index (χ2v) is 8.50. The first-order valence-corrected chi connectivity index (χ1v) is 10.1. The Morgan fingerprint density at radius 3 is 1.68 bits per heavy atom. The van der Waals surface area contributed by atoms with E-state index in [2.05, 4.69) is 6.92 Å². The summed E-state index contributed by atoms with van der Waals surface area (Å²) in [5, 5.41) is 0. The van der Waals surface area contributed by atoms with Gasteiger partial charge >= 0.3 is 8.80 Å². The minimum atomic E-state index is -2.60. The van der Waals surface area contributed by atoms with E-state index in [4.69, 9.17) is 25.9 Å². The van der Waals surface area contributed by atoms with Gasteiger partial charge in [-0.25, -0.2) is 0 Å². The zero-order valence-corrected chi connectivity index (χ0v) is 15.0. The maximum Gasteiger partial charge on any atom is 0.514 e. The summed E-state index contributed by atoms with van der Waals surface area (Å²) in [6.45, 7) is 10.1. The van der Waals surface area contributed by atoms with Crippen molar-refractivity contribution in [3.63, 3.8) is 0 Å². The van der Waals surface area contributed by atoms with Crippen molar-refractivity contribution in [1.29, 1.82) is 0 Å². The lowest BCUT2D eigenvalue weighted by molar-refractivity contribution is 0.0688. The molecule has 3 nitrogen and oxygen atoms in total. The van der Waals surface area contributed by atoms with E-state index in [1.54, 1.807) is 0 Å². The zero-order valence-electron chi connectivity index (χ0n) is 13.1. The van der Waals surface area contributed by atoms with Gasteiger partial charge in [0.05, 0.1) is 4.87 Å². The zero-order chi connectivity index (χ0) is 14.6. The highest BCUT2D eigenvalue weighted by Crippen LogP contribution is 2.24. The first-order valence-electron chi connectivity index (χ1n) is 7.76. The van der Waals surface area contributed by atoms with Crippen molar-refractivity contribution >= 4 is 21.4 Å². The predicted molar refractivity (Wildman–Crippen MR) is 86.8 cm³/mol. The van der Waals surface area contributed by atoms with E-state index in [0.717, 1.165) is 6.42 Å². The molecular formula is C14H32O3SSi. The van der Waals surface area contributed by atoms with Crippen LogP contribution in [0.1, 0.15) is 66.2 Å². The third-order valence-electron chi connectivity index (χ3n) is 3.03. The van der Waals surface area contributed by atoms with Crippen LogP contribution in [0.25, 0.3) is 0 Å². The van der Waals surface area contributed by atoms with Crippen LogP contribution in [0, 0.1) is 0 Å². The molecule has 0 saturated carbocycles. The Hall–Kier alpha value is 0.447. The van der Waals surface area contributed by atoms with Gasteiger partial charge in [0, 0.05) is 19.8 Å². The summed E-state index contributed by atoms with van der Waals surface area (Å²) < 4.78 is 17.6. The molecule has 0 aromatic heterocycles. The largest absolute Gasteiger partial charge is 0.514 e. The van der Waals surface area contributed by atoms with E-state index < -0.39 is 8.80 Å². The van der Waals surface area contributed by atoms with Crippen LogP contribution in [-0.4, -0.2) is 33.5 Å².